The molecule has 0 saturated carbocycles. The molecule has 1 unspecified atom stereocenters. The maximum Gasteiger partial charge on any atom is 0.0580 e. The smallest absolute Gasteiger partial charge is 0.0580 e. The van der Waals surface area contributed by atoms with Crippen molar-refractivity contribution in [1.82, 2.24) is 4.90 Å². The Balaban J connectivity index is 1.86. The van der Waals surface area contributed by atoms with E-state index in [9.17, 15) is 0 Å². The van der Waals surface area contributed by atoms with Crippen LogP contribution in [0.3, 0.4) is 0 Å². The van der Waals surface area contributed by atoms with Crippen molar-refractivity contribution in [2.75, 3.05) is 13.6 Å². The molecule has 3 aromatic carbocycles. The molecule has 1 aliphatic heterocycles. The lowest BCUT2D eigenvalue weighted by molar-refractivity contribution is 0.439. The largest absolute Gasteiger partial charge is 0.379 e. The van der Waals surface area contributed by atoms with Gasteiger partial charge in [0.2, 0.25) is 0 Å². The third-order valence-corrected chi connectivity index (χ3v) is 5.06. The summed E-state index contributed by atoms with van der Waals surface area (Å²) in [6.45, 7) is 0.935. The Bertz CT molecular complexity index is 910. The molecule has 0 amide bonds. The van der Waals surface area contributed by atoms with E-state index in [2.05, 4.69) is 121 Å². The van der Waals surface area contributed by atoms with Crippen LogP contribution < -0.4 is 0 Å². The molecule has 1 heteroatoms. The van der Waals surface area contributed by atoms with Crippen molar-refractivity contribution < 1.29 is 0 Å². The Morgan fingerprint density at radius 2 is 1.35 bits per heavy atom. The van der Waals surface area contributed by atoms with Gasteiger partial charge >= 0.3 is 0 Å². The first-order valence-corrected chi connectivity index (χ1v) is 9.06. The SMILES string of the molecule is CN1C=C(c2ccccc2)C(/C=C/c2ccccc2)(c2ccccc2)C1. The molecule has 0 spiro atoms. The summed E-state index contributed by atoms with van der Waals surface area (Å²) in [5, 5.41) is 0. The molecule has 1 atom stereocenters. The Kier molecular flexibility index (Phi) is 4.45. The van der Waals surface area contributed by atoms with Crippen molar-refractivity contribution in [1.29, 1.82) is 0 Å². The number of hydrogen-bond donors (Lipinski definition) is 0. The quantitative estimate of drug-likeness (QED) is 0.597. The minimum Gasteiger partial charge on any atom is -0.379 e. The van der Waals surface area contributed by atoms with E-state index in [1.165, 1.54) is 22.3 Å². The highest BCUT2D eigenvalue weighted by Gasteiger charge is 2.39. The van der Waals surface area contributed by atoms with E-state index in [0.717, 1.165) is 6.54 Å². The Morgan fingerprint density at radius 3 is 2.00 bits per heavy atom. The van der Waals surface area contributed by atoms with E-state index in [-0.39, 0.29) is 5.41 Å². The summed E-state index contributed by atoms with van der Waals surface area (Å²) in [7, 11) is 2.16. The van der Waals surface area contributed by atoms with Gasteiger partial charge in [-0.15, -0.1) is 0 Å². The molecule has 0 aliphatic carbocycles. The summed E-state index contributed by atoms with van der Waals surface area (Å²) in [5.74, 6) is 0. The van der Waals surface area contributed by atoms with Gasteiger partial charge in [0.05, 0.1) is 5.41 Å². The Labute approximate surface area is 155 Å². The van der Waals surface area contributed by atoms with Crippen molar-refractivity contribution >= 4 is 11.6 Å². The van der Waals surface area contributed by atoms with Gasteiger partial charge in [-0.3, -0.25) is 0 Å². The van der Waals surface area contributed by atoms with E-state index in [1.54, 1.807) is 0 Å². The van der Waals surface area contributed by atoms with E-state index in [0.29, 0.717) is 0 Å². The molecule has 0 radical (unpaired) electrons. The fourth-order valence-corrected chi connectivity index (χ4v) is 3.83. The normalized spacial score (nSPS) is 19.7. The van der Waals surface area contributed by atoms with Gasteiger partial charge in [-0.1, -0.05) is 103 Å². The van der Waals surface area contributed by atoms with Crippen LogP contribution in [0.25, 0.3) is 11.6 Å². The van der Waals surface area contributed by atoms with Crippen LogP contribution in [-0.2, 0) is 5.41 Å². The van der Waals surface area contributed by atoms with Gasteiger partial charge in [-0.05, 0) is 22.3 Å². The van der Waals surface area contributed by atoms with Crippen molar-refractivity contribution in [2.45, 2.75) is 5.41 Å². The lowest BCUT2D eigenvalue weighted by Gasteiger charge is -2.31. The maximum absolute atomic E-state index is 2.38. The molecule has 0 N–H and O–H groups in total. The zero-order chi connectivity index (χ0) is 17.8. The van der Waals surface area contributed by atoms with Crippen molar-refractivity contribution in [3.63, 3.8) is 0 Å². The van der Waals surface area contributed by atoms with Crippen LogP contribution in [0.1, 0.15) is 16.7 Å². The highest BCUT2D eigenvalue weighted by atomic mass is 15.1. The van der Waals surface area contributed by atoms with Crippen LogP contribution in [0, 0.1) is 0 Å². The summed E-state index contributed by atoms with van der Waals surface area (Å²) in [5.41, 5.74) is 5.02. The molecule has 0 saturated heterocycles. The number of hydrogen-bond acceptors (Lipinski definition) is 1. The summed E-state index contributed by atoms with van der Waals surface area (Å²) in [4.78, 5) is 2.30. The van der Waals surface area contributed by atoms with Crippen molar-refractivity contribution in [2.24, 2.45) is 0 Å². The van der Waals surface area contributed by atoms with Gasteiger partial charge in [0.1, 0.15) is 0 Å². The highest BCUT2D eigenvalue weighted by molar-refractivity contribution is 5.81. The monoisotopic (exact) mass is 337 g/mol. The molecule has 3 aromatic rings. The maximum atomic E-state index is 2.38. The lowest BCUT2D eigenvalue weighted by atomic mass is 9.73. The van der Waals surface area contributed by atoms with Gasteiger partial charge in [-0.2, -0.15) is 0 Å². The number of benzene rings is 3. The first-order valence-electron chi connectivity index (χ1n) is 9.06. The second kappa shape index (κ2) is 7.05. The minimum absolute atomic E-state index is 0.160. The predicted molar refractivity (Wildman–Crippen MR) is 111 cm³/mol. The average molecular weight is 337 g/mol. The zero-order valence-corrected chi connectivity index (χ0v) is 15.0. The number of rotatable bonds is 4. The Hall–Kier alpha value is -3.06. The van der Waals surface area contributed by atoms with Gasteiger partial charge in [-0.25, -0.2) is 0 Å². The molecular weight excluding hydrogens is 314 g/mol. The lowest BCUT2D eigenvalue weighted by Crippen LogP contribution is -2.30. The number of likely N-dealkylation sites (N-methyl/N-ethyl adjacent to an activating group) is 1. The fourth-order valence-electron chi connectivity index (χ4n) is 3.83. The molecule has 1 nitrogen and oxygen atoms in total. The van der Waals surface area contributed by atoms with Gasteiger partial charge < -0.3 is 4.90 Å². The van der Waals surface area contributed by atoms with Gasteiger partial charge in [0.25, 0.3) is 0 Å². The van der Waals surface area contributed by atoms with E-state index < -0.39 is 0 Å². The van der Waals surface area contributed by atoms with Crippen molar-refractivity contribution in [3.05, 3.63) is 120 Å². The van der Waals surface area contributed by atoms with Gasteiger partial charge in [0, 0.05) is 19.8 Å². The fraction of sp³-hybridized carbons (Fsp3) is 0.120. The van der Waals surface area contributed by atoms with Crippen LogP contribution >= 0.6 is 0 Å². The first kappa shape index (κ1) is 16.4. The van der Waals surface area contributed by atoms with E-state index in [1.807, 2.05) is 0 Å². The topological polar surface area (TPSA) is 3.24 Å². The molecule has 4 rings (SSSR count). The number of nitrogens with zero attached hydrogens (tertiary/aromatic N) is 1. The molecule has 128 valence electrons. The Morgan fingerprint density at radius 1 is 0.769 bits per heavy atom. The van der Waals surface area contributed by atoms with Crippen molar-refractivity contribution in [3.8, 4) is 0 Å². The third-order valence-electron chi connectivity index (χ3n) is 5.06. The first-order chi connectivity index (χ1) is 12.8. The second-order valence-electron chi connectivity index (χ2n) is 6.91. The van der Waals surface area contributed by atoms with Crippen LogP contribution in [0.4, 0.5) is 0 Å². The van der Waals surface area contributed by atoms with Gasteiger partial charge in [0.15, 0.2) is 0 Å². The molecule has 0 bridgehead atoms. The predicted octanol–water partition coefficient (Wildman–Crippen LogP) is 5.62. The standard InChI is InChI=1S/C25H23N/c1-26-19-24(22-13-7-3-8-14-22)25(20-26,23-15-9-4-10-16-23)18-17-21-11-5-2-6-12-21/h2-19H,20H2,1H3/b18-17+. The minimum atomic E-state index is -0.160. The van der Waals surface area contributed by atoms with Crippen LogP contribution in [0.5, 0.6) is 0 Å². The average Bonchev–Trinajstić information content (AvgIpc) is 3.06. The molecule has 1 heterocycles. The molecule has 0 aromatic heterocycles. The molecule has 26 heavy (non-hydrogen) atoms. The van der Waals surface area contributed by atoms with E-state index in [4.69, 9.17) is 0 Å². The van der Waals surface area contributed by atoms with Crippen LogP contribution in [-0.4, -0.2) is 18.5 Å². The molecule has 1 aliphatic rings. The summed E-state index contributed by atoms with van der Waals surface area (Å²) in [6.07, 6.45) is 6.92. The molecule has 0 fully saturated rings. The summed E-state index contributed by atoms with van der Waals surface area (Å²) < 4.78 is 0. The third kappa shape index (κ3) is 3.09. The van der Waals surface area contributed by atoms with E-state index >= 15 is 0 Å². The zero-order valence-electron chi connectivity index (χ0n) is 15.0. The van der Waals surface area contributed by atoms with Crippen LogP contribution in [0.15, 0.2) is 103 Å². The second-order valence-corrected chi connectivity index (χ2v) is 6.91. The molecular formula is C25H23N. The summed E-state index contributed by atoms with van der Waals surface area (Å²) >= 11 is 0. The summed E-state index contributed by atoms with van der Waals surface area (Å²) in [6, 6.07) is 32.1. The highest BCUT2D eigenvalue weighted by Crippen LogP contribution is 2.45. The van der Waals surface area contributed by atoms with Crippen LogP contribution in [0.2, 0.25) is 0 Å².